The monoisotopic (exact) mass is 862 g/mol. The average molecular weight is 863 g/mol. The lowest BCUT2D eigenvalue weighted by molar-refractivity contribution is -0.0671. The van der Waals surface area contributed by atoms with Crippen LogP contribution in [0.25, 0.3) is 86.2 Å². The van der Waals surface area contributed by atoms with Gasteiger partial charge in [0.1, 0.15) is 11.2 Å². The van der Waals surface area contributed by atoms with Crippen LogP contribution in [0.4, 0.5) is 0 Å². The summed E-state index contributed by atoms with van der Waals surface area (Å²) in [6.07, 6.45) is 1.33. The molecule has 2 N–H and O–H groups in total. The third kappa shape index (κ3) is 5.89. The highest BCUT2D eigenvalue weighted by molar-refractivity contribution is 6.14. The molecule has 1 saturated carbocycles. The fraction of sp³-hybridized carbons (Fsp3) is 0.138. The van der Waals surface area contributed by atoms with E-state index in [1.165, 1.54) is 0 Å². The summed E-state index contributed by atoms with van der Waals surface area (Å²) in [7, 11) is 0. The Morgan fingerprint density at radius 2 is 0.493 bits per heavy atom. The van der Waals surface area contributed by atoms with Crippen molar-refractivity contribution < 1.29 is 10.2 Å². The first-order valence-electron chi connectivity index (χ1n) is 23.8. The van der Waals surface area contributed by atoms with Crippen molar-refractivity contribution in [2.75, 3.05) is 0 Å². The summed E-state index contributed by atoms with van der Waals surface area (Å²) in [5.74, 6) is -0.978. The molecule has 0 saturated heterocycles. The van der Waals surface area contributed by atoms with Crippen molar-refractivity contribution >= 4 is 86.2 Å². The minimum absolute atomic E-state index is 0.282. The van der Waals surface area contributed by atoms with Gasteiger partial charge in [-0.2, -0.15) is 0 Å². The molecule has 2 nitrogen and oxygen atoms in total. The van der Waals surface area contributed by atoms with Crippen LogP contribution in [-0.4, -0.2) is 10.2 Å². The van der Waals surface area contributed by atoms with Gasteiger partial charge in [-0.15, -0.1) is 0 Å². The average Bonchev–Trinajstić information content (AvgIpc) is 3.73. The quantitative estimate of drug-likeness (QED) is 0.164. The summed E-state index contributed by atoms with van der Waals surface area (Å²) >= 11 is 0. The zero-order valence-corrected chi connectivity index (χ0v) is 37.7. The molecule has 1 fully saturated rings. The molecular formula is C65H50O2. The van der Waals surface area contributed by atoms with Gasteiger partial charge in [0.05, 0.1) is 0 Å². The molecule has 0 aliphatic heterocycles. The smallest absolute Gasteiger partial charge is 0.119 e. The first-order valence-corrected chi connectivity index (χ1v) is 23.8. The Labute approximate surface area is 390 Å². The molecule has 67 heavy (non-hydrogen) atoms. The van der Waals surface area contributed by atoms with E-state index in [4.69, 9.17) is 0 Å². The Kier molecular flexibility index (Phi) is 8.84. The maximum atomic E-state index is 15.3. The fourth-order valence-corrected chi connectivity index (χ4v) is 13.0. The predicted molar refractivity (Wildman–Crippen MR) is 282 cm³/mol. The normalized spacial score (nSPS) is 16.7. The molecule has 0 aromatic heterocycles. The lowest BCUT2D eigenvalue weighted by Crippen LogP contribution is -2.47. The van der Waals surface area contributed by atoms with Gasteiger partial charge in [0, 0.05) is 11.8 Å². The van der Waals surface area contributed by atoms with Gasteiger partial charge in [0.25, 0.3) is 0 Å². The zero-order chi connectivity index (χ0) is 45.1. The predicted octanol–water partition coefficient (Wildman–Crippen LogP) is 16.1. The zero-order valence-electron chi connectivity index (χ0n) is 37.7. The minimum atomic E-state index is -1.61. The van der Waals surface area contributed by atoms with E-state index in [0.29, 0.717) is 12.8 Å². The second-order valence-electron chi connectivity index (χ2n) is 20.1. The van der Waals surface area contributed by atoms with E-state index in [1.54, 1.807) is 0 Å². The molecule has 322 valence electrons. The van der Waals surface area contributed by atoms with Crippen molar-refractivity contribution in [2.45, 2.75) is 37.9 Å². The summed E-state index contributed by atoms with van der Waals surface area (Å²) in [6.45, 7) is 4.68. The molecule has 1 aliphatic carbocycles. The molecule has 0 unspecified atom stereocenters. The van der Waals surface area contributed by atoms with Crippen molar-refractivity contribution in [3.05, 3.63) is 241 Å². The number of aliphatic hydroxyl groups is 2. The highest BCUT2D eigenvalue weighted by Gasteiger charge is 2.60. The highest BCUT2D eigenvalue weighted by atomic mass is 16.3. The topological polar surface area (TPSA) is 40.5 Å². The van der Waals surface area contributed by atoms with Crippen molar-refractivity contribution in [1.29, 1.82) is 0 Å². The largest absolute Gasteiger partial charge is 0.380 e. The van der Waals surface area contributed by atoms with E-state index in [9.17, 15) is 0 Å². The first-order chi connectivity index (χ1) is 32.7. The van der Waals surface area contributed by atoms with Crippen LogP contribution in [0.3, 0.4) is 0 Å². The minimum Gasteiger partial charge on any atom is -0.380 e. The Hall–Kier alpha value is -7.36. The first kappa shape index (κ1) is 40.0. The maximum absolute atomic E-state index is 15.3. The molecule has 0 heterocycles. The number of benzene rings is 12. The third-order valence-corrected chi connectivity index (χ3v) is 15.8. The molecular weight excluding hydrogens is 813 g/mol. The van der Waals surface area contributed by atoms with E-state index >= 15 is 10.2 Å². The Bertz CT molecular complexity index is 3480. The number of hydrogen-bond donors (Lipinski definition) is 2. The van der Waals surface area contributed by atoms with Crippen LogP contribution in [0.5, 0.6) is 0 Å². The fourth-order valence-electron chi connectivity index (χ4n) is 13.0. The molecule has 2 atom stereocenters. The standard InChI is InChI=1S/C65H50O2/c1-63(2)39-61(64(66,57-35-41-19-3-7-23-45(41)49-27-11-15-31-53(49)57)58-36-42-20-4-8-24-46(42)50-28-12-16-32-54(50)58)62(40-63)65(67,59-37-43-21-5-9-25-47(43)51-29-13-17-33-55(51)59)60-38-44-22-6-10-26-48(44)52-30-14-18-34-56(52)60/h3-38,61-62,66-67H,39-40H2,1-2H3/t61-,62-/m1/s1. The van der Waals surface area contributed by atoms with Gasteiger partial charge in [0.15, 0.2) is 0 Å². The van der Waals surface area contributed by atoms with Crippen LogP contribution in [0.1, 0.15) is 48.9 Å². The summed E-state index contributed by atoms with van der Waals surface area (Å²) in [6, 6.07) is 77.8. The lowest BCUT2D eigenvalue weighted by Gasteiger charge is -2.46. The second-order valence-corrected chi connectivity index (χ2v) is 20.1. The van der Waals surface area contributed by atoms with Crippen molar-refractivity contribution in [1.82, 2.24) is 0 Å². The van der Waals surface area contributed by atoms with Crippen LogP contribution < -0.4 is 0 Å². The molecule has 13 rings (SSSR count). The Morgan fingerprint density at radius 1 is 0.299 bits per heavy atom. The summed E-state index contributed by atoms with van der Waals surface area (Å²) in [4.78, 5) is 0. The van der Waals surface area contributed by atoms with E-state index in [2.05, 4.69) is 232 Å². The van der Waals surface area contributed by atoms with Gasteiger partial charge in [0.2, 0.25) is 0 Å². The Balaban J connectivity index is 1.21. The Morgan fingerprint density at radius 3 is 0.731 bits per heavy atom. The third-order valence-electron chi connectivity index (χ3n) is 15.8. The van der Waals surface area contributed by atoms with Gasteiger partial charge in [-0.1, -0.05) is 208 Å². The maximum Gasteiger partial charge on any atom is 0.119 e. The van der Waals surface area contributed by atoms with Crippen LogP contribution in [0.2, 0.25) is 0 Å². The van der Waals surface area contributed by atoms with Crippen molar-refractivity contribution in [3.8, 4) is 0 Å². The van der Waals surface area contributed by atoms with Crippen LogP contribution in [-0.2, 0) is 11.2 Å². The molecule has 2 heteroatoms. The number of fused-ring (bicyclic) bond motifs is 12. The van der Waals surface area contributed by atoms with Gasteiger partial charge < -0.3 is 10.2 Å². The summed E-state index contributed by atoms with van der Waals surface area (Å²) in [5.41, 5.74) is -0.0467. The summed E-state index contributed by atoms with van der Waals surface area (Å²) in [5, 5.41) is 47.9. The molecule has 0 bridgehead atoms. The van der Waals surface area contributed by atoms with Gasteiger partial charge >= 0.3 is 0 Å². The van der Waals surface area contributed by atoms with Gasteiger partial charge in [-0.05, 0) is 151 Å². The van der Waals surface area contributed by atoms with Gasteiger partial charge in [-0.25, -0.2) is 0 Å². The molecule has 1 aliphatic rings. The number of hydrogen-bond acceptors (Lipinski definition) is 2. The van der Waals surface area contributed by atoms with E-state index < -0.39 is 23.0 Å². The molecule has 0 amide bonds. The molecule has 0 spiro atoms. The van der Waals surface area contributed by atoms with Crippen molar-refractivity contribution in [3.63, 3.8) is 0 Å². The van der Waals surface area contributed by atoms with Crippen LogP contribution in [0.15, 0.2) is 218 Å². The number of rotatable bonds is 6. The van der Waals surface area contributed by atoms with Crippen LogP contribution >= 0.6 is 0 Å². The molecule has 12 aromatic carbocycles. The lowest BCUT2D eigenvalue weighted by atomic mass is 9.61. The summed E-state index contributed by atoms with van der Waals surface area (Å²) < 4.78 is 0. The molecule has 0 radical (unpaired) electrons. The van der Waals surface area contributed by atoms with Gasteiger partial charge in [-0.3, -0.25) is 0 Å². The van der Waals surface area contributed by atoms with Crippen molar-refractivity contribution in [2.24, 2.45) is 17.3 Å². The molecule has 12 aromatic rings. The second kappa shape index (κ2) is 14.8. The SMILES string of the molecule is CC1(C)C[C@@H](C(O)(c2cc3ccccc3c3ccccc23)c2cc3ccccc3c3ccccc23)[C@H](C(O)(c2cc3ccccc3c3ccccc23)c2cc3ccccc3c3ccccc23)C1. The van der Waals surface area contributed by atoms with Crippen LogP contribution in [0, 0.1) is 17.3 Å². The van der Waals surface area contributed by atoms with E-state index in [-0.39, 0.29) is 5.41 Å². The van der Waals surface area contributed by atoms with E-state index in [1.807, 2.05) is 0 Å². The van der Waals surface area contributed by atoms with E-state index in [0.717, 1.165) is 108 Å². The highest BCUT2D eigenvalue weighted by Crippen LogP contribution is 2.63.